The normalized spacial score (nSPS) is 10.7. The number of methoxy groups -OCH3 is 2. The van der Waals surface area contributed by atoms with Gasteiger partial charge in [-0.05, 0) is 24.0 Å². The van der Waals surface area contributed by atoms with Crippen LogP contribution in [0.15, 0.2) is 53.4 Å². The van der Waals surface area contributed by atoms with Gasteiger partial charge in [0.2, 0.25) is 0 Å². The molecular formula is C18H18O3S. The number of ether oxygens (including phenoxy) is 2. The lowest BCUT2D eigenvalue weighted by Crippen LogP contribution is -2.01. The van der Waals surface area contributed by atoms with Gasteiger partial charge in [0, 0.05) is 6.07 Å². The Morgan fingerprint density at radius 2 is 1.73 bits per heavy atom. The lowest BCUT2D eigenvalue weighted by atomic mass is 10.1. The third-order valence-corrected chi connectivity index (χ3v) is 3.96. The third-order valence-electron chi connectivity index (χ3n) is 3.20. The van der Waals surface area contributed by atoms with Crippen LogP contribution in [0, 0.1) is 0 Å². The van der Waals surface area contributed by atoms with Crippen molar-refractivity contribution in [2.75, 3.05) is 20.5 Å². The van der Waals surface area contributed by atoms with Crippen molar-refractivity contribution in [3.05, 3.63) is 59.7 Å². The van der Waals surface area contributed by atoms with Crippen LogP contribution in [0.3, 0.4) is 0 Å². The standard InChI is InChI=1S/C18H18O3S/c1-20-16-12-17(21-2)18(22-3)11-14(16)15(19)10-9-13-7-5-4-6-8-13/h4-12H,1-3H3. The first-order chi connectivity index (χ1) is 10.7. The quantitative estimate of drug-likeness (QED) is 0.452. The van der Waals surface area contributed by atoms with E-state index in [2.05, 4.69) is 0 Å². The molecule has 0 aromatic heterocycles. The van der Waals surface area contributed by atoms with Crippen molar-refractivity contribution in [2.45, 2.75) is 4.90 Å². The van der Waals surface area contributed by atoms with Crippen LogP contribution in [0.2, 0.25) is 0 Å². The minimum atomic E-state index is -0.0985. The first kappa shape index (κ1) is 16.2. The van der Waals surface area contributed by atoms with Gasteiger partial charge in [-0.25, -0.2) is 0 Å². The molecule has 0 bridgehead atoms. The Balaban J connectivity index is 2.34. The van der Waals surface area contributed by atoms with E-state index >= 15 is 0 Å². The molecule has 0 unspecified atom stereocenters. The van der Waals surface area contributed by atoms with Gasteiger partial charge in [-0.3, -0.25) is 4.79 Å². The molecule has 0 aliphatic rings. The molecule has 0 heterocycles. The molecule has 0 fully saturated rings. The summed E-state index contributed by atoms with van der Waals surface area (Å²) in [6, 6.07) is 13.3. The lowest BCUT2D eigenvalue weighted by molar-refractivity contribution is 0.104. The molecule has 2 aromatic rings. The summed E-state index contributed by atoms with van der Waals surface area (Å²) in [5, 5.41) is 0. The van der Waals surface area contributed by atoms with Crippen LogP contribution in [0.4, 0.5) is 0 Å². The molecule has 4 heteroatoms. The van der Waals surface area contributed by atoms with Crippen molar-refractivity contribution < 1.29 is 14.3 Å². The SMILES string of the molecule is COc1cc(OC)c(C(=O)C=Cc2ccccc2)cc1SC. The summed E-state index contributed by atoms with van der Waals surface area (Å²) in [6.45, 7) is 0. The molecule has 0 saturated carbocycles. The maximum Gasteiger partial charge on any atom is 0.189 e. The van der Waals surface area contributed by atoms with Gasteiger partial charge >= 0.3 is 0 Å². The van der Waals surface area contributed by atoms with E-state index in [1.807, 2.05) is 36.6 Å². The number of thioether (sulfide) groups is 1. The highest BCUT2D eigenvalue weighted by Gasteiger charge is 2.15. The van der Waals surface area contributed by atoms with E-state index in [9.17, 15) is 4.79 Å². The van der Waals surface area contributed by atoms with E-state index in [4.69, 9.17) is 9.47 Å². The monoisotopic (exact) mass is 314 g/mol. The highest BCUT2D eigenvalue weighted by molar-refractivity contribution is 7.98. The molecular weight excluding hydrogens is 296 g/mol. The summed E-state index contributed by atoms with van der Waals surface area (Å²) in [4.78, 5) is 13.4. The maximum atomic E-state index is 12.4. The van der Waals surface area contributed by atoms with Crippen molar-refractivity contribution in [2.24, 2.45) is 0 Å². The fourth-order valence-corrected chi connectivity index (χ4v) is 2.63. The van der Waals surface area contributed by atoms with Crippen LogP contribution in [0.1, 0.15) is 15.9 Å². The third kappa shape index (κ3) is 3.71. The second kappa shape index (κ2) is 7.71. The number of hydrogen-bond acceptors (Lipinski definition) is 4. The number of rotatable bonds is 6. The number of ketones is 1. The number of carbonyl (C=O) groups excluding carboxylic acids is 1. The van der Waals surface area contributed by atoms with Crippen LogP contribution >= 0.6 is 11.8 Å². The zero-order valence-corrected chi connectivity index (χ0v) is 13.6. The van der Waals surface area contributed by atoms with Gasteiger partial charge in [0.25, 0.3) is 0 Å². The van der Waals surface area contributed by atoms with Gasteiger partial charge in [-0.2, -0.15) is 0 Å². The molecule has 0 amide bonds. The van der Waals surface area contributed by atoms with Crippen LogP contribution < -0.4 is 9.47 Å². The molecule has 2 rings (SSSR count). The van der Waals surface area contributed by atoms with Gasteiger partial charge in [0.15, 0.2) is 5.78 Å². The second-order valence-electron chi connectivity index (χ2n) is 4.52. The molecule has 3 nitrogen and oxygen atoms in total. The van der Waals surface area contributed by atoms with Crippen molar-refractivity contribution in [1.29, 1.82) is 0 Å². The van der Waals surface area contributed by atoms with Crippen molar-refractivity contribution in [3.8, 4) is 11.5 Å². The molecule has 0 radical (unpaired) electrons. The molecule has 22 heavy (non-hydrogen) atoms. The Hall–Kier alpha value is -2.20. The Kier molecular flexibility index (Phi) is 5.67. The number of allylic oxidation sites excluding steroid dienone is 1. The molecule has 0 saturated heterocycles. The maximum absolute atomic E-state index is 12.4. The zero-order chi connectivity index (χ0) is 15.9. The van der Waals surface area contributed by atoms with E-state index in [0.717, 1.165) is 10.5 Å². The van der Waals surface area contributed by atoms with Gasteiger partial charge in [-0.15, -0.1) is 11.8 Å². The largest absolute Gasteiger partial charge is 0.496 e. The lowest BCUT2D eigenvalue weighted by Gasteiger charge is -2.12. The molecule has 0 atom stereocenters. The van der Waals surface area contributed by atoms with E-state index in [-0.39, 0.29) is 5.78 Å². The Morgan fingerprint density at radius 1 is 1.05 bits per heavy atom. The summed E-state index contributed by atoms with van der Waals surface area (Å²) < 4.78 is 10.6. The Labute approximate surface area is 135 Å². The van der Waals surface area contributed by atoms with Crippen LogP contribution in [-0.2, 0) is 0 Å². The van der Waals surface area contributed by atoms with Gasteiger partial charge in [-0.1, -0.05) is 36.4 Å². The Morgan fingerprint density at radius 3 is 2.32 bits per heavy atom. The zero-order valence-electron chi connectivity index (χ0n) is 12.8. The fraction of sp³-hybridized carbons (Fsp3) is 0.167. The number of hydrogen-bond donors (Lipinski definition) is 0. The van der Waals surface area contributed by atoms with Crippen molar-refractivity contribution in [3.63, 3.8) is 0 Å². The minimum absolute atomic E-state index is 0.0985. The average molecular weight is 314 g/mol. The van der Waals surface area contributed by atoms with Crippen LogP contribution in [0.5, 0.6) is 11.5 Å². The summed E-state index contributed by atoms with van der Waals surface area (Å²) in [7, 11) is 3.15. The Bertz CT molecular complexity index is 678. The molecule has 0 N–H and O–H groups in total. The summed E-state index contributed by atoms with van der Waals surface area (Å²) >= 11 is 1.53. The predicted molar refractivity (Wildman–Crippen MR) is 91.1 cm³/mol. The van der Waals surface area contributed by atoms with E-state index < -0.39 is 0 Å². The molecule has 2 aromatic carbocycles. The van der Waals surface area contributed by atoms with Crippen LogP contribution in [0.25, 0.3) is 6.08 Å². The molecule has 0 spiro atoms. The van der Waals surface area contributed by atoms with Gasteiger partial charge < -0.3 is 9.47 Å². The van der Waals surface area contributed by atoms with E-state index in [0.29, 0.717) is 17.1 Å². The van der Waals surface area contributed by atoms with Crippen LogP contribution in [-0.4, -0.2) is 26.3 Å². The smallest absolute Gasteiger partial charge is 0.189 e. The molecule has 114 valence electrons. The second-order valence-corrected chi connectivity index (χ2v) is 5.36. The van der Waals surface area contributed by atoms with E-state index in [1.165, 1.54) is 11.8 Å². The summed E-state index contributed by atoms with van der Waals surface area (Å²) in [5.74, 6) is 1.11. The number of carbonyl (C=O) groups is 1. The van der Waals surface area contributed by atoms with Crippen molar-refractivity contribution >= 4 is 23.6 Å². The highest BCUT2D eigenvalue weighted by atomic mass is 32.2. The van der Waals surface area contributed by atoms with E-state index in [1.54, 1.807) is 38.5 Å². The number of benzene rings is 2. The molecule has 0 aliphatic carbocycles. The minimum Gasteiger partial charge on any atom is -0.496 e. The topological polar surface area (TPSA) is 35.5 Å². The fourth-order valence-electron chi connectivity index (χ4n) is 2.05. The predicted octanol–water partition coefficient (Wildman–Crippen LogP) is 4.32. The summed E-state index contributed by atoms with van der Waals surface area (Å²) in [6.07, 6.45) is 5.30. The summed E-state index contributed by atoms with van der Waals surface area (Å²) in [5.41, 5.74) is 1.51. The highest BCUT2D eigenvalue weighted by Crippen LogP contribution is 2.34. The van der Waals surface area contributed by atoms with Gasteiger partial charge in [0.1, 0.15) is 11.5 Å². The molecule has 0 aliphatic heterocycles. The first-order valence-electron chi connectivity index (χ1n) is 6.77. The average Bonchev–Trinajstić information content (AvgIpc) is 2.59. The van der Waals surface area contributed by atoms with Crippen molar-refractivity contribution in [1.82, 2.24) is 0 Å². The first-order valence-corrected chi connectivity index (χ1v) is 7.99. The van der Waals surface area contributed by atoms with Gasteiger partial charge in [0.05, 0.1) is 24.7 Å².